The van der Waals surface area contributed by atoms with Crippen molar-refractivity contribution in [3.05, 3.63) is 30.3 Å². The maximum absolute atomic E-state index is 12.3. The molecule has 0 aliphatic heterocycles. The second-order valence-corrected chi connectivity index (χ2v) is 4.03. The first kappa shape index (κ1) is 13.7. The van der Waals surface area contributed by atoms with Crippen LogP contribution < -0.4 is 4.90 Å². The Labute approximate surface area is 103 Å². The first-order valence-electron chi connectivity index (χ1n) is 6.09. The molecule has 3 nitrogen and oxygen atoms in total. The molecule has 0 N–H and O–H groups in total. The van der Waals surface area contributed by atoms with Gasteiger partial charge in [-0.2, -0.15) is 0 Å². The molecule has 0 unspecified atom stereocenters. The fraction of sp³-hybridized carbons (Fsp3) is 0.500. The molecule has 0 atom stereocenters. The van der Waals surface area contributed by atoms with E-state index in [1.807, 2.05) is 44.2 Å². The number of para-hydroxylation sites is 1. The molecule has 0 spiro atoms. The van der Waals surface area contributed by atoms with Gasteiger partial charge in [-0.25, -0.2) is 0 Å². The lowest BCUT2D eigenvalue weighted by Crippen LogP contribution is -2.37. The van der Waals surface area contributed by atoms with Crippen molar-refractivity contribution >= 4 is 11.6 Å². The highest BCUT2D eigenvalue weighted by Gasteiger charge is 2.22. The van der Waals surface area contributed by atoms with Gasteiger partial charge in [0.15, 0.2) is 0 Å². The lowest BCUT2D eigenvalue weighted by atomic mass is 10.0. The number of hydrogen-bond acceptors (Lipinski definition) is 2. The average Bonchev–Trinajstić information content (AvgIpc) is 2.38. The number of anilines is 1. The zero-order valence-electron chi connectivity index (χ0n) is 10.8. The number of carbonyl (C=O) groups excluding carboxylic acids is 1. The monoisotopic (exact) mass is 235 g/mol. The summed E-state index contributed by atoms with van der Waals surface area (Å²) in [6.45, 7) is 4.39. The summed E-state index contributed by atoms with van der Waals surface area (Å²) in [5, 5.41) is 0. The highest BCUT2D eigenvalue weighted by molar-refractivity contribution is 5.94. The number of nitrogens with zero attached hydrogens (tertiary/aromatic N) is 1. The van der Waals surface area contributed by atoms with Gasteiger partial charge in [-0.3, -0.25) is 9.69 Å². The van der Waals surface area contributed by atoms with E-state index in [1.54, 1.807) is 12.0 Å². The molecular weight excluding hydrogens is 214 g/mol. The Morgan fingerprint density at radius 2 is 1.82 bits per heavy atom. The van der Waals surface area contributed by atoms with Gasteiger partial charge in [0.2, 0.25) is 5.91 Å². The van der Waals surface area contributed by atoms with E-state index in [0.29, 0.717) is 6.73 Å². The Bertz CT molecular complexity index is 333. The molecule has 3 heteroatoms. The molecule has 1 aromatic carbocycles. The van der Waals surface area contributed by atoms with Crippen LogP contribution in [-0.2, 0) is 9.53 Å². The van der Waals surface area contributed by atoms with Gasteiger partial charge < -0.3 is 4.74 Å². The number of ether oxygens (including phenoxy) is 1. The third-order valence-corrected chi connectivity index (χ3v) is 2.93. The van der Waals surface area contributed by atoms with Crippen molar-refractivity contribution in [2.45, 2.75) is 26.7 Å². The highest BCUT2D eigenvalue weighted by atomic mass is 16.5. The standard InChI is InChI=1S/C14H21NO2/c1-4-12(5-2)14(16)15(11-17-3)13-9-7-6-8-10-13/h6-10,12H,4-5,11H2,1-3H3. The van der Waals surface area contributed by atoms with Crippen molar-refractivity contribution in [3.8, 4) is 0 Å². The number of rotatable bonds is 6. The summed E-state index contributed by atoms with van der Waals surface area (Å²) in [4.78, 5) is 14.0. The number of amides is 1. The Balaban J connectivity index is 2.89. The van der Waals surface area contributed by atoms with E-state index in [0.717, 1.165) is 18.5 Å². The van der Waals surface area contributed by atoms with Crippen LogP contribution >= 0.6 is 0 Å². The topological polar surface area (TPSA) is 29.5 Å². The largest absolute Gasteiger partial charge is 0.364 e. The minimum atomic E-state index is 0.0744. The van der Waals surface area contributed by atoms with Gasteiger partial charge in [-0.15, -0.1) is 0 Å². The molecule has 0 aliphatic carbocycles. The van der Waals surface area contributed by atoms with Crippen molar-refractivity contribution in [1.29, 1.82) is 0 Å². The van der Waals surface area contributed by atoms with Crippen LogP contribution in [0.15, 0.2) is 30.3 Å². The quantitative estimate of drug-likeness (QED) is 0.709. The van der Waals surface area contributed by atoms with Gasteiger partial charge in [-0.05, 0) is 25.0 Å². The van der Waals surface area contributed by atoms with E-state index >= 15 is 0 Å². The van der Waals surface area contributed by atoms with Crippen molar-refractivity contribution in [3.63, 3.8) is 0 Å². The van der Waals surface area contributed by atoms with Gasteiger partial charge in [0.1, 0.15) is 6.73 Å². The van der Waals surface area contributed by atoms with E-state index in [-0.39, 0.29) is 11.8 Å². The first-order chi connectivity index (χ1) is 8.24. The molecule has 0 aliphatic rings. The highest BCUT2D eigenvalue weighted by Crippen LogP contribution is 2.19. The molecule has 0 saturated heterocycles. The van der Waals surface area contributed by atoms with Gasteiger partial charge >= 0.3 is 0 Å². The number of methoxy groups -OCH3 is 1. The molecule has 1 aromatic rings. The van der Waals surface area contributed by atoms with Gasteiger partial charge in [0.05, 0.1) is 0 Å². The second kappa shape index (κ2) is 7.07. The predicted octanol–water partition coefficient (Wildman–Crippen LogP) is 3.06. The van der Waals surface area contributed by atoms with E-state index < -0.39 is 0 Å². The van der Waals surface area contributed by atoms with Crippen molar-refractivity contribution in [2.24, 2.45) is 5.92 Å². The first-order valence-corrected chi connectivity index (χ1v) is 6.09. The molecule has 0 saturated carbocycles. The smallest absolute Gasteiger partial charge is 0.231 e. The molecule has 0 fully saturated rings. The summed E-state index contributed by atoms with van der Waals surface area (Å²) in [5.41, 5.74) is 0.895. The van der Waals surface area contributed by atoms with Crippen LogP contribution in [-0.4, -0.2) is 19.7 Å². The summed E-state index contributed by atoms with van der Waals surface area (Å²) >= 11 is 0. The van der Waals surface area contributed by atoms with Crippen LogP contribution in [0.3, 0.4) is 0 Å². The Morgan fingerprint density at radius 1 is 1.24 bits per heavy atom. The predicted molar refractivity (Wildman–Crippen MR) is 69.9 cm³/mol. The minimum absolute atomic E-state index is 0.0744. The third-order valence-electron chi connectivity index (χ3n) is 2.93. The van der Waals surface area contributed by atoms with E-state index in [2.05, 4.69) is 0 Å². The fourth-order valence-corrected chi connectivity index (χ4v) is 1.86. The average molecular weight is 235 g/mol. The van der Waals surface area contributed by atoms with E-state index in [1.165, 1.54) is 0 Å². The summed E-state index contributed by atoms with van der Waals surface area (Å²) in [5.74, 6) is 0.216. The summed E-state index contributed by atoms with van der Waals surface area (Å²) in [6, 6.07) is 9.66. The minimum Gasteiger partial charge on any atom is -0.364 e. The second-order valence-electron chi connectivity index (χ2n) is 4.03. The summed E-state index contributed by atoms with van der Waals surface area (Å²) < 4.78 is 5.12. The molecule has 1 rings (SSSR count). The number of benzene rings is 1. The zero-order chi connectivity index (χ0) is 12.7. The number of hydrogen-bond donors (Lipinski definition) is 0. The Kier molecular flexibility index (Phi) is 5.70. The lowest BCUT2D eigenvalue weighted by Gasteiger charge is -2.25. The van der Waals surface area contributed by atoms with Crippen molar-refractivity contribution in [1.82, 2.24) is 0 Å². The van der Waals surface area contributed by atoms with Gasteiger partial charge in [-0.1, -0.05) is 32.0 Å². The van der Waals surface area contributed by atoms with Gasteiger partial charge in [0, 0.05) is 18.7 Å². The molecule has 0 heterocycles. The van der Waals surface area contributed by atoms with Crippen LogP contribution in [0.1, 0.15) is 26.7 Å². The zero-order valence-corrected chi connectivity index (χ0v) is 10.8. The van der Waals surface area contributed by atoms with E-state index in [9.17, 15) is 4.79 Å². The summed E-state index contributed by atoms with van der Waals surface area (Å²) in [6.07, 6.45) is 1.73. The molecule has 1 amide bonds. The van der Waals surface area contributed by atoms with Crippen LogP contribution in [0.5, 0.6) is 0 Å². The Hall–Kier alpha value is -1.35. The maximum Gasteiger partial charge on any atom is 0.231 e. The van der Waals surface area contributed by atoms with Crippen molar-refractivity contribution < 1.29 is 9.53 Å². The molecule has 17 heavy (non-hydrogen) atoms. The van der Waals surface area contributed by atoms with Gasteiger partial charge in [0.25, 0.3) is 0 Å². The van der Waals surface area contributed by atoms with Crippen LogP contribution in [0.4, 0.5) is 5.69 Å². The molecule has 0 aromatic heterocycles. The SMILES string of the molecule is CCC(CC)C(=O)N(COC)c1ccccc1. The normalized spacial score (nSPS) is 10.6. The Morgan fingerprint density at radius 3 is 2.29 bits per heavy atom. The molecular formula is C14H21NO2. The lowest BCUT2D eigenvalue weighted by molar-refractivity contribution is -0.123. The molecule has 94 valence electrons. The maximum atomic E-state index is 12.3. The molecule has 0 bridgehead atoms. The van der Waals surface area contributed by atoms with E-state index in [4.69, 9.17) is 4.74 Å². The third kappa shape index (κ3) is 3.56. The van der Waals surface area contributed by atoms with Crippen LogP contribution in [0.25, 0.3) is 0 Å². The van der Waals surface area contributed by atoms with Crippen molar-refractivity contribution in [2.75, 3.05) is 18.7 Å². The fourth-order valence-electron chi connectivity index (χ4n) is 1.86. The number of carbonyl (C=O) groups is 1. The molecule has 0 radical (unpaired) electrons. The van der Waals surface area contributed by atoms with Crippen LogP contribution in [0, 0.1) is 5.92 Å². The van der Waals surface area contributed by atoms with Crippen LogP contribution in [0.2, 0.25) is 0 Å². The summed E-state index contributed by atoms with van der Waals surface area (Å²) in [7, 11) is 1.61.